The highest BCUT2D eigenvalue weighted by atomic mass is 16.7. The lowest BCUT2D eigenvalue weighted by atomic mass is 10.0. The molecule has 0 aromatic carbocycles. The Kier molecular flexibility index (Phi) is 40.9. The highest BCUT2D eigenvalue weighted by Gasteiger charge is 2.21. The second-order valence-corrected chi connectivity index (χ2v) is 17.8. The predicted molar refractivity (Wildman–Crippen MR) is 242 cm³/mol. The van der Waals surface area contributed by atoms with Gasteiger partial charge in [0, 0.05) is 12.8 Å². The average molecular weight is 836 g/mol. The molecule has 0 N–H and O–H groups in total. The largest absolute Gasteiger partial charge is 0.545 e. The molecule has 0 aromatic rings. The third kappa shape index (κ3) is 43.7. The minimum atomic E-state index is -1.62. The van der Waals surface area contributed by atoms with Crippen molar-refractivity contribution < 1.29 is 42.9 Å². The van der Waals surface area contributed by atoms with E-state index in [1.807, 2.05) is 21.1 Å². The molecule has 2 atom stereocenters. The van der Waals surface area contributed by atoms with E-state index in [0.29, 0.717) is 23.9 Å². The second-order valence-electron chi connectivity index (χ2n) is 17.8. The zero-order valence-electron chi connectivity index (χ0n) is 39.1. The highest BCUT2D eigenvalue weighted by molar-refractivity contribution is 5.70. The van der Waals surface area contributed by atoms with Gasteiger partial charge in [-0.3, -0.25) is 9.59 Å². The lowest BCUT2D eigenvalue weighted by Gasteiger charge is -2.26. The van der Waals surface area contributed by atoms with Crippen LogP contribution < -0.4 is 5.11 Å². The van der Waals surface area contributed by atoms with Crippen LogP contribution in [0.2, 0.25) is 0 Å². The molecule has 0 fully saturated rings. The van der Waals surface area contributed by atoms with Crippen molar-refractivity contribution in [2.45, 2.75) is 232 Å². The monoisotopic (exact) mass is 836 g/mol. The molecule has 9 nitrogen and oxygen atoms in total. The Bertz CT molecular complexity index is 1020. The summed E-state index contributed by atoms with van der Waals surface area (Å²) < 4.78 is 22.6. The fraction of sp³-hybridized carbons (Fsp3) is 0.860. The maximum atomic E-state index is 12.8. The fourth-order valence-electron chi connectivity index (χ4n) is 6.86. The molecule has 59 heavy (non-hydrogen) atoms. The van der Waals surface area contributed by atoms with Crippen LogP contribution in [0.4, 0.5) is 0 Å². The molecule has 0 spiro atoms. The maximum absolute atomic E-state index is 12.8. The van der Waals surface area contributed by atoms with Crippen molar-refractivity contribution in [2.75, 3.05) is 47.5 Å². The third-order valence-corrected chi connectivity index (χ3v) is 10.7. The van der Waals surface area contributed by atoms with E-state index in [4.69, 9.17) is 18.9 Å². The molecule has 0 aliphatic rings. The molecule has 0 radical (unpaired) electrons. The number of carbonyl (C=O) groups is 3. The smallest absolute Gasteiger partial charge is 0.306 e. The highest BCUT2D eigenvalue weighted by Crippen LogP contribution is 2.15. The normalized spacial score (nSPS) is 13.0. The number of carbonyl (C=O) groups excluding carboxylic acids is 3. The summed E-state index contributed by atoms with van der Waals surface area (Å²) in [4.78, 5) is 37.0. The van der Waals surface area contributed by atoms with E-state index in [-0.39, 0.29) is 32.2 Å². The van der Waals surface area contributed by atoms with Crippen molar-refractivity contribution in [3.8, 4) is 0 Å². The van der Waals surface area contributed by atoms with E-state index in [1.54, 1.807) is 0 Å². The zero-order valence-corrected chi connectivity index (χ0v) is 39.1. The Morgan fingerprint density at radius 3 is 1.34 bits per heavy atom. The number of unbranched alkanes of at least 4 members (excludes halogenated alkanes) is 26. The summed E-state index contributed by atoms with van der Waals surface area (Å²) in [6.45, 7) is 4.74. The Labute approximate surface area is 363 Å². The van der Waals surface area contributed by atoms with Gasteiger partial charge in [0.25, 0.3) is 0 Å². The molecular formula is C50H93NO8. The molecule has 0 amide bonds. The Balaban J connectivity index is 4.34. The maximum Gasteiger partial charge on any atom is 0.306 e. The summed E-state index contributed by atoms with van der Waals surface area (Å²) >= 11 is 0. The van der Waals surface area contributed by atoms with E-state index >= 15 is 0 Å². The van der Waals surface area contributed by atoms with Crippen LogP contribution in [-0.4, -0.2) is 82.3 Å². The molecule has 0 saturated heterocycles. The third-order valence-electron chi connectivity index (χ3n) is 10.7. The molecule has 346 valence electrons. The summed E-state index contributed by atoms with van der Waals surface area (Å²) in [5, 5.41) is 11.7. The number of rotatable bonds is 45. The van der Waals surface area contributed by atoms with Gasteiger partial charge in [0.05, 0.1) is 40.3 Å². The number of likely N-dealkylation sites (N-methyl/N-ethyl adjacent to an activating group) is 1. The first-order valence-corrected chi connectivity index (χ1v) is 24.5. The number of allylic oxidation sites excluding steroid dienone is 4. The van der Waals surface area contributed by atoms with Crippen LogP contribution in [0.15, 0.2) is 24.3 Å². The van der Waals surface area contributed by atoms with Gasteiger partial charge >= 0.3 is 11.9 Å². The van der Waals surface area contributed by atoms with Crippen molar-refractivity contribution in [1.29, 1.82) is 0 Å². The zero-order chi connectivity index (χ0) is 43.5. The van der Waals surface area contributed by atoms with Gasteiger partial charge in [-0.1, -0.05) is 186 Å². The van der Waals surface area contributed by atoms with Gasteiger partial charge in [0.2, 0.25) is 0 Å². The van der Waals surface area contributed by atoms with E-state index in [0.717, 1.165) is 51.4 Å². The van der Waals surface area contributed by atoms with Crippen molar-refractivity contribution in [2.24, 2.45) is 0 Å². The van der Waals surface area contributed by atoms with Crippen LogP contribution in [0.3, 0.4) is 0 Å². The van der Waals surface area contributed by atoms with Gasteiger partial charge in [-0.15, -0.1) is 0 Å². The van der Waals surface area contributed by atoms with Crippen molar-refractivity contribution in [3.63, 3.8) is 0 Å². The first-order valence-electron chi connectivity index (χ1n) is 24.5. The molecule has 0 aromatic heterocycles. The van der Waals surface area contributed by atoms with E-state index in [9.17, 15) is 19.5 Å². The molecule has 0 bridgehead atoms. The van der Waals surface area contributed by atoms with Crippen LogP contribution in [0.1, 0.15) is 219 Å². The first kappa shape index (κ1) is 56.8. The number of ether oxygens (including phenoxy) is 4. The number of hydrogen-bond acceptors (Lipinski definition) is 8. The SMILES string of the molecule is CCCCCCC/C=C\C/C=C\CCCCCCCCCCCC(=O)OC(COC(=O)CCCCCCCCCCCCCCC)COC(OCC[N+](C)(C)C)C(=O)[O-]. The lowest BCUT2D eigenvalue weighted by Crippen LogP contribution is -2.44. The lowest BCUT2D eigenvalue weighted by molar-refractivity contribution is -0.870. The van der Waals surface area contributed by atoms with Gasteiger partial charge < -0.3 is 33.3 Å². The number of aliphatic carboxylic acids is 1. The molecule has 0 saturated carbocycles. The standard InChI is InChI=1S/C50H93NO8/c1-6-8-10-12-14-16-18-20-21-22-23-24-25-26-27-29-31-33-35-37-39-41-48(53)59-46(45-58-50(49(54)55)56-43-42-51(3,4)5)44-57-47(52)40-38-36-34-32-30-28-19-17-15-13-11-9-7-2/h18,20,22-23,46,50H,6-17,19,21,24-45H2,1-5H3/b20-18-,23-22-. The quantitative estimate of drug-likeness (QED) is 0.0196. The molecule has 0 aliphatic heterocycles. The summed E-state index contributed by atoms with van der Waals surface area (Å²) in [6, 6.07) is 0. The van der Waals surface area contributed by atoms with Crippen LogP contribution >= 0.6 is 0 Å². The van der Waals surface area contributed by atoms with Crippen molar-refractivity contribution in [1.82, 2.24) is 0 Å². The minimum Gasteiger partial charge on any atom is -0.545 e. The number of hydrogen-bond donors (Lipinski definition) is 0. The summed E-state index contributed by atoms with van der Waals surface area (Å²) in [6.07, 6.45) is 43.5. The van der Waals surface area contributed by atoms with Crippen LogP contribution in [0.25, 0.3) is 0 Å². The molecule has 2 unspecified atom stereocenters. The predicted octanol–water partition coefficient (Wildman–Crippen LogP) is 11.9. The van der Waals surface area contributed by atoms with E-state index in [1.165, 1.54) is 135 Å². The molecule has 0 heterocycles. The van der Waals surface area contributed by atoms with E-state index < -0.39 is 24.3 Å². The summed E-state index contributed by atoms with van der Waals surface area (Å²) in [5.74, 6) is -2.28. The number of nitrogens with zero attached hydrogens (tertiary/aromatic N) is 1. The van der Waals surface area contributed by atoms with Gasteiger partial charge in [-0.05, 0) is 44.9 Å². The Morgan fingerprint density at radius 2 is 0.915 bits per heavy atom. The van der Waals surface area contributed by atoms with Gasteiger partial charge in [-0.25, -0.2) is 0 Å². The average Bonchev–Trinajstić information content (AvgIpc) is 3.19. The fourth-order valence-corrected chi connectivity index (χ4v) is 6.86. The molecule has 0 aliphatic carbocycles. The van der Waals surface area contributed by atoms with Gasteiger partial charge in [-0.2, -0.15) is 0 Å². The summed E-state index contributed by atoms with van der Waals surface area (Å²) in [7, 11) is 5.91. The molecule has 0 rings (SSSR count). The molecular weight excluding hydrogens is 743 g/mol. The van der Waals surface area contributed by atoms with Gasteiger partial charge in [0.15, 0.2) is 12.4 Å². The van der Waals surface area contributed by atoms with Crippen LogP contribution in [0.5, 0.6) is 0 Å². The van der Waals surface area contributed by atoms with E-state index in [2.05, 4.69) is 38.2 Å². The number of esters is 2. The Morgan fingerprint density at radius 1 is 0.508 bits per heavy atom. The number of carboxylic acid groups (broad SMARTS) is 1. The Hall–Kier alpha value is -2.23. The topological polar surface area (TPSA) is 111 Å². The number of quaternary nitrogens is 1. The van der Waals surface area contributed by atoms with Crippen molar-refractivity contribution in [3.05, 3.63) is 24.3 Å². The molecule has 9 heteroatoms. The van der Waals surface area contributed by atoms with Crippen LogP contribution in [-0.2, 0) is 33.3 Å². The first-order chi connectivity index (χ1) is 28.6. The minimum absolute atomic E-state index is 0.149. The number of carboxylic acids is 1. The van der Waals surface area contributed by atoms with Crippen LogP contribution in [0, 0.1) is 0 Å². The van der Waals surface area contributed by atoms with Crippen molar-refractivity contribution >= 4 is 17.9 Å². The van der Waals surface area contributed by atoms with Gasteiger partial charge in [0.1, 0.15) is 13.2 Å². The summed E-state index contributed by atoms with van der Waals surface area (Å²) in [5.41, 5.74) is 0. The second kappa shape index (κ2) is 42.5.